The lowest BCUT2D eigenvalue weighted by Crippen LogP contribution is -2.32. The summed E-state index contributed by atoms with van der Waals surface area (Å²) in [5.41, 5.74) is 0. The molecule has 0 unspecified atom stereocenters. The SMILES string of the molecule is CCN(C)C(=O)CNc1cccc(Cl)n1. The summed E-state index contributed by atoms with van der Waals surface area (Å²) in [6, 6.07) is 5.24. The van der Waals surface area contributed by atoms with E-state index in [2.05, 4.69) is 10.3 Å². The van der Waals surface area contributed by atoms with Gasteiger partial charge in [0, 0.05) is 13.6 Å². The zero-order valence-electron chi connectivity index (χ0n) is 8.83. The van der Waals surface area contributed by atoms with E-state index in [1.54, 1.807) is 30.1 Å². The molecule has 0 spiro atoms. The lowest BCUT2D eigenvalue weighted by atomic mass is 10.4. The van der Waals surface area contributed by atoms with Crippen molar-refractivity contribution in [2.75, 3.05) is 25.5 Å². The highest BCUT2D eigenvalue weighted by atomic mass is 35.5. The van der Waals surface area contributed by atoms with E-state index in [1.165, 1.54) is 0 Å². The highest BCUT2D eigenvalue weighted by Crippen LogP contribution is 2.08. The van der Waals surface area contributed by atoms with Crippen LogP contribution in [0, 0.1) is 0 Å². The van der Waals surface area contributed by atoms with Crippen LogP contribution in [-0.2, 0) is 4.79 Å². The van der Waals surface area contributed by atoms with Gasteiger partial charge in [0.25, 0.3) is 0 Å². The smallest absolute Gasteiger partial charge is 0.241 e. The molecule has 1 amide bonds. The summed E-state index contributed by atoms with van der Waals surface area (Å²) in [6.07, 6.45) is 0. The van der Waals surface area contributed by atoms with Crippen LogP contribution in [0.3, 0.4) is 0 Å². The summed E-state index contributed by atoms with van der Waals surface area (Å²) >= 11 is 5.70. The maximum atomic E-state index is 11.4. The molecule has 1 aromatic heterocycles. The van der Waals surface area contributed by atoms with Crippen LogP contribution in [0.4, 0.5) is 5.82 Å². The summed E-state index contributed by atoms with van der Waals surface area (Å²) in [4.78, 5) is 17.1. The third-order valence-corrected chi connectivity index (χ3v) is 2.25. The summed E-state index contributed by atoms with van der Waals surface area (Å²) in [5.74, 6) is 0.639. The Morgan fingerprint density at radius 2 is 2.33 bits per heavy atom. The fourth-order valence-corrected chi connectivity index (χ4v) is 1.15. The molecule has 82 valence electrons. The highest BCUT2D eigenvalue weighted by molar-refractivity contribution is 6.29. The van der Waals surface area contributed by atoms with E-state index in [0.717, 1.165) is 0 Å². The number of hydrogen-bond acceptors (Lipinski definition) is 3. The molecule has 1 N–H and O–H groups in total. The number of rotatable bonds is 4. The van der Waals surface area contributed by atoms with E-state index in [1.807, 2.05) is 6.92 Å². The number of pyridine rings is 1. The van der Waals surface area contributed by atoms with Gasteiger partial charge in [-0.25, -0.2) is 4.98 Å². The van der Waals surface area contributed by atoms with Crippen molar-refractivity contribution in [3.05, 3.63) is 23.4 Å². The number of halogens is 1. The first kappa shape index (κ1) is 11.8. The number of nitrogens with zero attached hydrogens (tertiary/aromatic N) is 2. The molecule has 1 rings (SSSR count). The minimum absolute atomic E-state index is 0.0271. The standard InChI is InChI=1S/C10H14ClN3O/c1-3-14(2)10(15)7-12-9-6-4-5-8(11)13-9/h4-6H,3,7H2,1-2H3,(H,12,13). The lowest BCUT2D eigenvalue weighted by Gasteiger charge is -2.14. The number of likely N-dealkylation sites (N-methyl/N-ethyl adjacent to an activating group) is 1. The second-order valence-corrected chi connectivity index (χ2v) is 3.49. The van der Waals surface area contributed by atoms with Gasteiger partial charge in [-0.3, -0.25) is 4.79 Å². The second kappa shape index (κ2) is 5.56. The summed E-state index contributed by atoms with van der Waals surface area (Å²) < 4.78 is 0. The summed E-state index contributed by atoms with van der Waals surface area (Å²) in [5, 5.41) is 3.33. The summed E-state index contributed by atoms with van der Waals surface area (Å²) in [7, 11) is 1.76. The third kappa shape index (κ3) is 3.75. The Bertz CT molecular complexity index is 343. The first-order chi connectivity index (χ1) is 7.13. The predicted molar refractivity (Wildman–Crippen MR) is 61.0 cm³/mol. The van der Waals surface area contributed by atoms with Crippen LogP contribution in [0.1, 0.15) is 6.92 Å². The largest absolute Gasteiger partial charge is 0.361 e. The van der Waals surface area contributed by atoms with E-state index < -0.39 is 0 Å². The van der Waals surface area contributed by atoms with Crippen LogP contribution in [-0.4, -0.2) is 35.9 Å². The monoisotopic (exact) mass is 227 g/mol. The van der Waals surface area contributed by atoms with Crippen molar-refractivity contribution in [1.82, 2.24) is 9.88 Å². The number of hydrogen-bond donors (Lipinski definition) is 1. The number of aromatic nitrogens is 1. The molecule has 0 atom stereocenters. The molecule has 0 aromatic carbocycles. The molecule has 0 aliphatic heterocycles. The first-order valence-electron chi connectivity index (χ1n) is 4.74. The molecule has 1 heterocycles. The first-order valence-corrected chi connectivity index (χ1v) is 5.11. The molecule has 0 saturated heterocycles. The Kier molecular flexibility index (Phi) is 4.37. The second-order valence-electron chi connectivity index (χ2n) is 3.11. The molecular formula is C10H14ClN3O. The number of carbonyl (C=O) groups excluding carboxylic acids is 1. The molecule has 0 saturated carbocycles. The van der Waals surface area contributed by atoms with Crippen molar-refractivity contribution in [2.45, 2.75) is 6.92 Å². The quantitative estimate of drug-likeness (QED) is 0.796. The maximum Gasteiger partial charge on any atom is 0.241 e. The number of nitrogens with one attached hydrogen (secondary N) is 1. The lowest BCUT2D eigenvalue weighted by molar-refractivity contribution is -0.127. The molecule has 0 radical (unpaired) electrons. The average molecular weight is 228 g/mol. The topological polar surface area (TPSA) is 45.2 Å². The average Bonchev–Trinajstić information content (AvgIpc) is 2.25. The number of amides is 1. The van der Waals surface area contributed by atoms with Crippen molar-refractivity contribution >= 4 is 23.3 Å². The summed E-state index contributed by atoms with van der Waals surface area (Å²) in [6.45, 7) is 2.86. The molecule has 4 nitrogen and oxygen atoms in total. The fraction of sp³-hybridized carbons (Fsp3) is 0.400. The molecule has 0 fully saturated rings. The van der Waals surface area contributed by atoms with Crippen LogP contribution in [0.5, 0.6) is 0 Å². The normalized spacial score (nSPS) is 9.80. The Balaban J connectivity index is 2.47. The van der Waals surface area contributed by atoms with Crippen molar-refractivity contribution in [2.24, 2.45) is 0 Å². The minimum atomic E-state index is 0.0271. The third-order valence-electron chi connectivity index (χ3n) is 2.04. The maximum absolute atomic E-state index is 11.4. The molecule has 5 heteroatoms. The van der Waals surface area contributed by atoms with Gasteiger partial charge in [-0.15, -0.1) is 0 Å². The van der Waals surface area contributed by atoms with Crippen molar-refractivity contribution in [3.8, 4) is 0 Å². The molecule has 0 bridgehead atoms. The van der Waals surface area contributed by atoms with Crippen molar-refractivity contribution in [1.29, 1.82) is 0 Å². The van der Waals surface area contributed by atoms with Crippen LogP contribution in [0.25, 0.3) is 0 Å². The van der Waals surface area contributed by atoms with Gasteiger partial charge in [0.1, 0.15) is 11.0 Å². The fourth-order valence-electron chi connectivity index (χ4n) is 0.984. The number of anilines is 1. The Morgan fingerprint density at radius 1 is 1.60 bits per heavy atom. The van der Waals surface area contributed by atoms with E-state index >= 15 is 0 Å². The van der Waals surface area contributed by atoms with Gasteiger partial charge in [0.2, 0.25) is 5.91 Å². The Labute approximate surface area is 94.3 Å². The molecular weight excluding hydrogens is 214 g/mol. The highest BCUT2D eigenvalue weighted by Gasteiger charge is 2.05. The Hall–Kier alpha value is -1.29. The van der Waals surface area contributed by atoms with Gasteiger partial charge < -0.3 is 10.2 Å². The van der Waals surface area contributed by atoms with Gasteiger partial charge >= 0.3 is 0 Å². The number of carbonyl (C=O) groups is 1. The minimum Gasteiger partial charge on any atom is -0.361 e. The van der Waals surface area contributed by atoms with Crippen molar-refractivity contribution < 1.29 is 4.79 Å². The van der Waals surface area contributed by atoms with E-state index in [4.69, 9.17) is 11.6 Å². The zero-order valence-corrected chi connectivity index (χ0v) is 9.58. The van der Waals surface area contributed by atoms with Crippen LogP contribution >= 0.6 is 11.6 Å². The molecule has 1 aromatic rings. The van der Waals surface area contributed by atoms with Crippen LogP contribution in [0.15, 0.2) is 18.2 Å². The van der Waals surface area contributed by atoms with Gasteiger partial charge in [-0.05, 0) is 19.1 Å². The van der Waals surface area contributed by atoms with Gasteiger partial charge in [0.05, 0.1) is 6.54 Å². The van der Waals surface area contributed by atoms with E-state index in [9.17, 15) is 4.79 Å². The van der Waals surface area contributed by atoms with Crippen LogP contribution in [0.2, 0.25) is 5.15 Å². The van der Waals surface area contributed by atoms with Gasteiger partial charge in [-0.1, -0.05) is 17.7 Å². The predicted octanol–water partition coefficient (Wildman–Crippen LogP) is 1.63. The molecule has 0 aliphatic carbocycles. The van der Waals surface area contributed by atoms with Crippen LogP contribution < -0.4 is 5.32 Å². The Morgan fingerprint density at radius 3 is 2.93 bits per heavy atom. The van der Waals surface area contributed by atoms with Gasteiger partial charge in [0.15, 0.2) is 0 Å². The van der Waals surface area contributed by atoms with Gasteiger partial charge in [-0.2, -0.15) is 0 Å². The zero-order chi connectivity index (χ0) is 11.3. The van der Waals surface area contributed by atoms with E-state index in [0.29, 0.717) is 17.5 Å². The molecule has 15 heavy (non-hydrogen) atoms. The van der Waals surface area contributed by atoms with Crippen molar-refractivity contribution in [3.63, 3.8) is 0 Å². The molecule has 0 aliphatic rings. The van der Waals surface area contributed by atoms with E-state index in [-0.39, 0.29) is 12.5 Å².